The van der Waals surface area contributed by atoms with Crippen LogP contribution >= 0.6 is 23.2 Å². The lowest BCUT2D eigenvalue weighted by molar-refractivity contribution is 0.667. The molecule has 0 saturated carbocycles. The van der Waals surface area contributed by atoms with Gasteiger partial charge in [0.05, 0.1) is 22.6 Å². The highest BCUT2D eigenvalue weighted by atomic mass is 35.5. The summed E-state index contributed by atoms with van der Waals surface area (Å²) in [5, 5.41) is 4.74. The van der Waals surface area contributed by atoms with Crippen LogP contribution in [0.4, 0.5) is 0 Å². The van der Waals surface area contributed by atoms with Crippen molar-refractivity contribution in [2.75, 3.05) is 0 Å². The molecule has 0 aliphatic rings. The Balaban J connectivity index is 1.97. The van der Waals surface area contributed by atoms with Gasteiger partial charge in [0, 0.05) is 24.8 Å². The van der Waals surface area contributed by atoms with Crippen LogP contribution < -0.4 is 0 Å². The van der Waals surface area contributed by atoms with Crippen LogP contribution in [0.2, 0.25) is 5.02 Å². The molecule has 0 spiro atoms. The standard InChI is InChI=1S/C15H16Cl2N4/c1-10(16)15-19-13-7-12(17)3-4-14(13)21(15)6-5-11-8-18-20(2)9-11/h3-4,7-10H,5-6H2,1-2H3. The largest absolute Gasteiger partial charge is 0.326 e. The number of halogens is 2. The number of imidazole rings is 1. The van der Waals surface area contributed by atoms with Gasteiger partial charge in [0.2, 0.25) is 0 Å². The van der Waals surface area contributed by atoms with Gasteiger partial charge >= 0.3 is 0 Å². The van der Waals surface area contributed by atoms with Crippen LogP contribution in [0.5, 0.6) is 0 Å². The predicted octanol–water partition coefficient (Wildman–Crippen LogP) is 3.97. The van der Waals surface area contributed by atoms with Gasteiger partial charge in [-0.3, -0.25) is 4.68 Å². The summed E-state index contributed by atoms with van der Waals surface area (Å²) in [6.45, 7) is 2.75. The predicted molar refractivity (Wildman–Crippen MR) is 85.9 cm³/mol. The van der Waals surface area contributed by atoms with E-state index in [2.05, 4.69) is 14.6 Å². The molecular weight excluding hydrogens is 307 g/mol. The summed E-state index contributed by atoms with van der Waals surface area (Å²) in [5.41, 5.74) is 3.14. The van der Waals surface area contributed by atoms with Gasteiger partial charge < -0.3 is 4.57 Å². The number of aromatic nitrogens is 4. The SMILES string of the molecule is CC(Cl)c1nc2cc(Cl)ccc2n1CCc1cnn(C)c1. The number of rotatable bonds is 4. The zero-order chi connectivity index (χ0) is 15.0. The Morgan fingerprint density at radius 3 is 2.81 bits per heavy atom. The minimum atomic E-state index is -0.148. The Kier molecular flexibility index (Phi) is 3.91. The number of fused-ring (bicyclic) bond motifs is 1. The Morgan fingerprint density at radius 2 is 2.14 bits per heavy atom. The Bertz CT molecular complexity index is 773. The lowest BCUT2D eigenvalue weighted by Gasteiger charge is -2.09. The monoisotopic (exact) mass is 322 g/mol. The van der Waals surface area contributed by atoms with Gasteiger partial charge in [-0.1, -0.05) is 11.6 Å². The van der Waals surface area contributed by atoms with E-state index in [-0.39, 0.29) is 5.38 Å². The lowest BCUT2D eigenvalue weighted by atomic mass is 10.2. The van der Waals surface area contributed by atoms with E-state index in [4.69, 9.17) is 23.2 Å². The molecule has 0 aliphatic heterocycles. The van der Waals surface area contributed by atoms with Crippen molar-refractivity contribution in [3.8, 4) is 0 Å². The second-order valence-corrected chi connectivity index (χ2v) is 6.23. The van der Waals surface area contributed by atoms with Gasteiger partial charge in [0.25, 0.3) is 0 Å². The molecule has 3 rings (SSSR count). The average molecular weight is 323 g/mol. The molecule has 0 aliphatic carbocycles. The van der Waals surface area contributed by atoms with E-state index in [9.17, 15) is 0 Å². The summed E-state index contributed by atoms with van der Waals surface area (Å²) < 4.78 is 3.97. The molecular formula is C15H16Cl2N4. The Labute approximate surface area is 133 Å². The van der Waals surface area contributed by atoms with Crippen molar-refractivity contribution in [2.24, 2.45) is 7.05 Å². The van der Waals surface area contributed by atoms with E-state index in [0.717, 1.165) is 29.8 Å². The van der Waals surface area contributed by atoms with Crippen molar-refractivity contribution < 1.29 is 0 Å². The fraction of sp³-hybridized carbons (Fsp3) is 0.333. The molecule has 0 amide bonds. The van der Waals surface area contributed by atoms with Crippen molar-refractivity contribution in [1.29, 1.82) is 0 Å². The Hall–Kier alpha value is -1.52. The number of hydrogen-bond donors (Lipinski definition) is 0. The first-order valence-electron chi connectivity index (χ1n) is 6.82. The number of nitrogens with zero attached hydrogens (tertiary/aromatic N) is 4. The van der Waals surface area contributed by atoms with Gasteiger partial charge in [-0.05, 0) is 37.1 Å². The zero-order valence-electron chi connectivity index (χ0n) is 11.9. The van der Waals surface area contributed by atoms with Crippen LogP contribution in [0.25, 0.3) is 11.0 Å². The summed E-state index contributed by atoms with van der Waals surface area (Å²) in [6.07, 6.45) is 4.80. The summed E-state index contributed by atoms with van der Waals surface area (Å²) in [7, 11) is 1.92. The van der Waals surface area contributed by atoms with Crippen LogP contribution in [-0.2, 0) is 20.0 Å². The normalized spacial score (nSPS) is 13.0. The van der Waals surface area contributed by atoms with Crippen LogP contribution in [0.1, 0.15) is 23.7 Å². The number of benzene rings is 1. The molecule has 6 heteroatoms. The van der Waals surface area contributed by atoms with Gasteiger partial charge in [0.15, 0.2) is 0 Å². The maximum atomic E-state index is 6.27. The quantitative estimate of drug-likeness (QED) is 0.681. The minimum Gasteiger partial charge on any atom is -0.326 e. The molecule has 2 heterocycles. The molecule has 1 aromatic carbocycles. The Morgan fingerprint density at radius 1 is 1.33 bits per heavy atom. The molecule has 2 aromatic heterocycles. The third kappa shape index (κ3) is 2.92. The van der Waals surface area contributed by atoms with Gasteiger partial charge in [0.1, 0.15) is 5.82 Å². The molecule has 0 radical (unpaired) electrons. The second kappa shape index (κ2) is 5.70. The highest BCUT2D eigenvalue weighted by Crippen LogP contribution is 2.26. The molecule has 21 heavy (non-hydrogen) atoms. The van der Waals surface area contributed by atoms with Crippen molar-refractivity contribution in [2.45, 2.75) is 25.3 Å². The fourth-order valence-electron chi connectivity index (χ4n) is 2.50. The molecule has 4 nitrogen and oxygen atoms in total. The van der Waals surface area contributed by atoms with Crippen molar-refractivity contribution in [3.63, 3.8) is 0 Å². The fourth-order valence-corrected chi connectivity index (χ4v) is 2.84. The van der Waals surface area contributed by atoms with Crippen LogP contribution in [0.3, 0.4) is 0 Å². The van der Waals surface area contributed by atoms with E-state index >= 15 is 0 Å². The molecule has 1 unspecified atom stereocenters. The zero-order valence-corrected chi connectivity index (χ0v) is 13.4. The van der Waals surface area contributed by atoms with Crippen LogP contribution in [-0.4, -0.2) is 19.3 Å². The first-order valence-corrected chi connectivity index (χ1v) is 7.63. The summed E-state index contributed by atoms with van der Waals surface area (Å²) in [6, 6.07) is 5.76. The first kappa shape index (κ1) is 14.4. The highest BCUT2D eigenvalue weighted by molar-refractivity contribution is 6.31. The number of alkyl halides is 1. The highest BCUT2D eigenvalue weighted by Gasteiger charge is 2.15. The van der Waals surface area contributed by atoms with E-state index in [0.29, 0.717) is 5.02 Å². The van der Waals surface area contributed by atoms with Gasteiger partial charge in [-0.25, -0.2) is 4.98 Å². The van der Waals surface area contributed by atoms with Crippen molar-refractivity contribution in [1.82, 2.24) is 19.3 Å². The van der Waals surface area contributed by atoms with E-state index in [1.807, 2.05) is 49.2 Å². The van der Waals surface area contributed by atoms with Crippen molar-refractivity contribution >= 4 is 34.2 Å². The smallest absolute Gasteiger partial charge is 0.127 e. The van der Waals surface area contributed by atoms with Gasteiger partial charge in [-0.2, -0.15) is 5.10 Å². The van der Waals surface area contributed by atoms with Crippen LogP contribution in [0, 0.1) is 0 Å². The van der Waals surface area contributed by atoms with E-state index in [1.54, 1.807) is 0 Å². The molecule has 0 N–H and O–H groups in total. The molecule has 110 valence electrons. The molecule has 0 fully saturated rings. The molecule has 3 aromatic rings. The second-order valence-electron chi connectivity index (χ2n) is 5.14. The third-order valence-electron chi connectivity index (χ3n) is 3.48. The summed E-state index contributed by atoms with van der Waals surface area (Å²) >= 11 is 12.3. The van der Waals surface area contributed by atoms with Crippen molar-refractivity contribution in [3.05, 3.63) is 47.0 Å². The first-order chi connectivity index (χ1) is 10.0. The number of hydrogen-bond acceptors (Lipinski definition) is 2. The van der Waals surface area contributed by atoms with E-state index < -0.39 is 0 Å². The van der Waals surface area contributed by atoms with E-state index in [1.165, 1.54) is 5.56 Å². The topological polar surface area (TPSA) is 35.6 Å². The minimum absolute atomic E-state index is 0.148. The molecule has 1 atom stereocenters. The summed E-state index contributed by atoms with van der Waals surface area (Å²) in [5.74, 6) is 0.873. The number of aryl methyl sites for hydroxylation is 3. The molecule has 0 bridgehead atoms. The lowest BCUT2D eigenvalue weighted by Crippen LogP contribution is -2.06. The summed E-state index contributed by atoms with van der Waals surface area (Å²) in [4.78, 5) is 4.62. The average Bonchev–Trinajstić information content (AvgIpc) is 2.99. The molecule has 0 saturated heterocycles. The third-order valence-corrected chi connectivity index (χ3v) is 3.91. The van der Waals surface area contributed by atoms with Gasteiger partial charge in [-0.15, -0.1) is 11.6 Å². The maximum absolute atomic E-state index is 6.27. The van der Waals surface area contributed by atoms with Crippen LogP contribution in [0.15, 0.2) is 30.6 Å². The maximum Gasteiger partial charge on any atom is 0.127 e.